The van der Waals surface area contributed by atoms with Crippen LogP contribution in [-0.2, 0) is 68.2 Å². The summed E-state index contributed by atoms with van der Waals surface area (Å²) in [6, 6.07) is -0.0644. The van der Waals surface area contributed by atoms with Gasteiger partial charge in [0.1, 0.15) is 31.2 Å². The quantitative estimate of drug-likeness (QED) is 0.0416. The van der Waals surface area contributed by atoms with Gasteiger partial charge in [-0.05, 0) is 69.7 Å². The number of rotatable bonds is 14. The number of nitrogens with zero attached hydrogens (tertiary/aromatic N) is 3. The van der Waals surface area contributed by atoms with Crippen molar-refractivity contribution in [3.63, 3.8) is 0 Å². The number of hydrogen-bond acceptors (Lipinski definition) is 13. The van der Waals surface area contributed by atoms with Crippen LogP contribution in [-0.4, -0.2) is 104 Å². The maximum Gasteiger partial charge on any atom is 0.343 e. The summed E-state index contributed by atoms with van der Waals surface area (Å²) in [6.07, 6.45) is 2.55. The van der Waals surface area contributed by atoms with Gasteiger partial charge in [0.05, 0.1) is 41.7 Å². The molecule has 20 heteroatoms. The molecule has 62 heavy (non-hydrogen) atoms. The standard InChI is InChI=1S/C42H46FN7O12/c1-6-42(60)25-13-29-35-23(15-50(29)38(56)24(25)16-62-40(42)58)34-27(8-7-22-19(2)26(43)14-28(47-35)33(22)34)48-39(57)41(5,59)17-61-18-44-36(54)20(3)46-37(55)21(4)45-30(51)11-12-49-31(52)9-10-32(49)53/h9-10,13-14,20-21,27,59-60H,6-8,11-12,15-18H2,1-5H3,(H,44,54)(H,45,51)(H,46,55)(H,48,57)/t20-,21-,27-,41?,42-/m0/s1. The van der Waals surface area contributed by atoms with Crippen LogP contribution in [0.2, 0.25) is 0 Å². The number of amides is 6. The van der Waals surface area contributed by atoms with Gasteiger partial charge in [0.25, 0.3) is 23.3 Å². The van der Waals surface area contributed by atoms with Gasteiger partial charge in [-0.3, -0.25) is 38.5 Å². The van der Waals surface area contributed by atoms with E-state index in [-0.39, 0.29) is 49.2 Å². The zero-order valence-electron chi connectivity index (χ0n) is 34.6. The van der Waals surface area contributed by atoms with Crippen molar-refractivity contribution in [2.24, 2.45) is 0 Å². The minimum absolute atomic E-state index is 0.0186. The van der Waals surface area contributed by atoms with Gasteiger partial charge in [-0.1, -0.05) is 6.92 Å². The summed E-state index contributed by atoms with van der Waals surface area (Å²) in [5.74, 6) is -5.23. The van der Waals surface area contributed by atoms with Gasteiger partial charge < -0.3 is 45.5 Å². The van der Waals surface area contributed by atoms with Crippen molar-refractivity contribution >= 4 is 52.3 Å². The van der Waals surface area contributed by atoms with Crippen LogP contribution in [0.15, 0.2) is 29.1 Å². The molecule has 5 atom stereocenters. The number of aryl methyl sites for hydroxylation is 1. The fraction of sp³-hybridized carbons (Fsp3) is 0.452. The molecule has 5 heterocycles. The van der Waals surface area contributed by atoms with Crippen molar-refractivity contribution in [3.05, 3.63) is 73.8 Å². The number of nitrogens with one attached hydrogen (secondary N) is 4. The van der Waals surface area contributed by atoms with Crippen molar-refractivity contribution in [3.8, 4) is 11.4 Å². The second-order valence-electron chi connectivity index (χ2n) is 16.1. The van der Waals surface area contributed by atoms with E-state index in [0.717, 1.165) is 17.1 Å². The first-order valence-electron chi connectivity index (χ1n) is 20.1. The number of aliphatic hydroxyl groups is 2. The van der Waals surface area contributed by atoms with Crippen molar-refractivity contribution < 1.29 is 57.6 Å². The smallest absolute Gasteiger partial charge is 0.343 e. The predicted molar refractivity (Wildman–Crippen MR) is 214 cm³/mol. The molecule has 6 amide bonds. The number of carbonyl (C=O) groups excluding carboxylic acids is 7. The predicted octanol–water partition coefficient (Wildman–Crippen LogP) is -0.204. The van der Waals surface area contributed by atoms with Gasteiger partial charge in [-0.2, -0.15) is 0 Å². The summed E-state index contributed by atoms with van der Waals surface area (Å²) in [6.45, 7) is 5.74. The maximum atomic E-state index is 15.3. The van der Waals surface area contributed by atoms with Crippen molar-refractivity contribution in [2.45, 2.75) is 103 Å². The van der Waals surface area contributed by atoms with E-state index in [1.165, 1.54) is 31.4 Å². The molecule has 2 aromatic heterocycles. The van der Waals surface area contributed by atoms with Gasteiger partial charge in [-0.15, -0.1) is 0 Å². The molecule has 0 saturated carbocycles. The third-order valence-electron chi connectivity index (χ3n) is 11.9. The molecule has 0 radical (unpaired) electrons. The van der Waals surface area contributed by atoms with E-state index in [4.69, 9.17) is 14.5 Å². The van der Waals surface area contributed by atoms with E-state index in [0.29, 0.717) is 51.9 Å². The number of esters is 1. The van der Waals surface area contributed by atoms with Crippen LogP contribution in [0, 0.1) is 12.7 Å². The zero-order valence-corrected chi connectivity index (χ0v) is 34.6. The number of cyclic esters (lactones) is 1. The second-order valence-corrected chi connectivity index (χ2v) is 16.1. The first kappa shape index (κ1) is 43.7. The monoisotopic (exact) mass is 859 g/mol. The second kappa shape index (κ2) is 16.5. The molecule has 6 N–H and O–H groups in total. The van der Waals surface area contributed by atoms with Gasteiger partial charge in [0, 0.05) is 47.7 Å². The Hall–Kier alpha value is -6.38. The summed E-state index contributed by atoms with van der Waals surface area (Å²) in [4.78, 5) is 107. The minimum Gasteiger partial charge on any atom is -0.458 e. The van der Waals surface area contributed by atoms with E-state index in [1.807, 2.05) is 0 Å². The Labute approximate surface area is 353 Å². The topological polar surface area (TPSA) is 265 Å². The molecule has 3 aliphatic heterocycles. The normalized spacial score (nSPS) is 20.4. The Bertz CT molecular complexity index is 2550. The molecule has 0 saturated heterocycles. The summed E-state index contributed by atoms with van der Waals surface area (Å²) in [5, 5.41) is 33.4. The molecule has 328 valence electrons. The molecule has 1 aromatic carbocycles. The van der Waals surface area contributed by atoms with E-state index in [2.05, 4.69) is 21.3 Å². The van der Waals surface area contributed by atoms with Crippen LogP contribution < -0.4 is 26.8 Å². The highest BCUT2D eigenvalue weighted by molar-refractivity contribution is 6.13. The number of imide groups is 1. The first-order valence-corrected chi connectivity index (χ1v) is 20.1. The Morgan fingerprint density at radius 1 is 1.05 bits per heavy atom. The Morgan fingerprint density at radius 2 is 1.74 bits per heavy atom. The average molecular weight is 860 g/mol. The Morgan fingerprint density at radius 3 is 2.44 bits per heavy atom. The van der Waals surface area contributed by atoms with Crippen molar-refractivity contribution in [1.82, 2.24) is 35.7 Å². The number of ether oxygens (including phenoxy) is 2. The summed E-state index contributed by atoms with van der Waals surface area (Å²) < 4.78 is 27.4. The van der Waals surface area contributed by atoms with Crippen LogP contribution in [0.25, 0.3) is 22.3 Å². The van der Waals surface area contributed by atoms with E-state index >= 15 is 4.39 Å². The lowest BCUT2D eigenvalue weighted by atomic mass is 9.81. The van der Waals surface area contributed by atoms with E-state index in [9.17, 15) is 48.6 Å². The third kappa shape index (κ3) is 7.73. The minimum atomic E-state index is -2.13. The van der Waals surface area contributed by atoms with Gasteiger partial charge >= 0.3 is 5.97 Å². The highest BCUT2D eigenvalue weighted by atomic mass is 19.1. The van der Waals surface area contributed by atoms with E-state index in [1.54, 1.807) is 19.9 Å². The number of pyridine rings is 2. The molecular formula is C42H46FN7O12. The van der Waals surface area contributed by atoms with Crippen LogP contribution in [0.3, 0.4) is 0 Å². The number of fused-ring (bicyclic) bond motifs is 5. The van der Waals surface area contributed by atoms with Crippen LogP contribution in [0.4, 0.5) is 4.39 Å². The molecule has 1 aliphatic carbocycles. The number of halogens is 1. The average Bonchev–Trinajstić information content (AvgIpc) is 3.77. The van der Waals surface area contributed by atoms with Crippen molar-refractivity contribution in [2.75, 3.05) is 19.9 Å². The SMILES string of the molecule is CC[C@@]1(O)C(=O)OCc2c1cc1n(c2=O)Cc2c-1nc1cc(F)c(C)c3c1c2[C@@H](NC(=O)C(C)(O)COCNC(=O)[C@H](C)NC(=O)[C@H](C)NC(=O)CCN1C(=O)C=CC1=O)CC3. The van der Waals surface area contributed by atoms with Gasteiger partial charge in [-0.25, -0.2) is 14.2 Å². The molecule has 0 bridgehead atoms. The lowest BCUT2D eigenvalue weighted by Gasteiger charge is -2.32. The fourth-order valence-corrected chi connectivity index (χ4v) is 8.25. The molecule has 1 unspecified atom stereocenters. The van der Waals surface area contributed by atoms with Crippen molar-refractivity contribution in [1.29, 1.82) is 0 Å². The van der Waals surface area contributed by atoms with Crippen LogP contribution >= 0.6 is 0 Å². The maximum absolute atomic E-state index is 15.3. The highest BCUT2D eigenvalue weighted by Gasteiger charge is 2.46. The van der Waals surface area contributed by atoms with Crippen LogP contribution in [0.5, 0.6) is 0 Å². The summed E-state index contributed by atoms with van der Waals surface area (Å²) in [7, 11) is 0. The van der Waals surface area contributed by atoms with Gasteiger partial charge in [0.15, 0.2) is 11.2 Å². The molecule has 7 rings (SSSR count). The third-order valence-corrected chi connectivity index (χ3v) is 11.9. The Kier molecular flexibility index (Phi) is 11.6. The molecule has 4 aliphatic rings. The fourth-order valence-electron chi connectivity index (χ4n) is 8.25. The molecule has 0 spiro atoms. The Balaban J connectivity index is 0.993. The lowest BCUT2D eigenvalue weighted by Crippen LogP contribution is -2.52. The number of aromatic nitrogens is 2. The lowest BCUT2D eigenvalue weighted by molar-refractivity contribution is -0.172. The highest BCUT2D eigenvalue weighted by Crippen LogP contribution is 2.46. The summed E-state index contributed by atoms with van der Waals surface area (Å²) in [5.41, 5.74) is -1.28. The number of hydrogen-bond donors (Lipinski definition) is 6. The largest absolute Gasteiger partial charge is 0.458 e. The number of benzene rings is 1. The zero-order chi connectivity index (χ0) is 45.0. The van der Waals surface area contributed by atoms with Gasteiger partial charge in [0.2, 0.25) is 17.7 Å². The summed E-state index contributed by atoms with van der Waals surface area (Å²) >= 11 is 0. The van der Waals surface area contributed by atoms with E-state index < -0.39 is 95.5 Å². The molecule has 0 fully saturated rings. The first-order chi connectivity index (χ1) is 29.3. The number of carbonyl (C=O) groups is 7. The molecule has 3 aromatic rings. The molecule has 19 nitrogen and oxygen atoms in total. The molecular weight excluding hydrogens is 813 g/mol. The van der Waals surface area contributed by atoms with Crippen LogP contribution in [0.1, 0.15) is 86.4 Å².